The van der Waals surface area contributed by atoms with Gasteiger partial charge in [-0.1, -0.05) is 15.9 Å². The highest BCUT2D eigenvalue weighted by atomic mass is 79.9. The van der Waals surface area contributed by atoms with Crippen LogP contribution in [0.4, 0.5) is 0 Å². The predicted molar refractivity (Wildman–Crippen MR) is 42.7 cm³/mol. The Kier molecular flexibility index (Phi) is 3.05. The Hall–Kier alpha value is -0.620. The lowest BCUT2D eigenvalue weighted by atomic mass is 10.2. The van der Waals surface area contributed by atoms with Crippen molar-refractivity contribution < 1.29 is 19.4 Å². The Morgan fingerprint density at radius 1 is 1.83 bits per heavy atom. The summed E-state index contributed by atoms with van der Waals surface area (Å²) >= 11 is 2.92. The molecule has 1 rings (SSSR count). The van der Waals surface area contributed by atoms with Crippen molar-refractivity contribution in [2.75, 3.05) is 11.9 Å². The van der Waals surface area contributed by atoms with Gasteiger partial charge in [-0.15, -0.1) is 0 Å². The Balaban J connectivity index is 2.50. The lowest BCUT2D eigenvalue weighted by Crippen LogP contribution is -2.45. The van der Waals surface area contributed by atoms with E-state index in [0.717, 1.165) is 0 Å². The lowest BCUT2D eigenvalue weighted by Gasteiger charge is -2.10. The third-order valence-electron chi connectivity index (χ3n) is 1.47. The number of nitrogens with one attached hydrogen (secondary N) is 1. The highest BCUT2D eigenvalue weighted by Gasteiger charge is 2.36. The number of cyclic esters (lactones) is 1. The first kappa shape index (κ1) is 9.47. The van der Waals surface area contributed by atoms with E-state index in [4.69, 9.17) is 5.11 Å². The molecule has 1 amide bonds. The van der Waals surface area contributed by atoms with Crippen LogP contribution in [0, 0.1) is 0 Å². The van der Waals surface area contributed by atoms with Crippen LogP contribution in [0.5, 0.6) is 0 Å². The van der Waals surface area contributed by atoms with Gasteiger partial charge in [0.15, 0.2) is 6.04 Å². The number of aliphatic hydroxyl groups excluding tert-OH is 1. The van der Waals surface area contributed by atoms with E-state index in [1.807, 2.05) is 0 Å². The van der Waals surface area contributed by atoms with Crippen LogP contribution >= 0.6 is 15.9 Å². The summed E-state index contributed by atoms with van der Waals surface area (Å²) in [5, 5.41) is 11.5. The van der Waals surface area contributed by atoms with Crippen LogP contribution in [0.25, 0.3) is 0 Å². The van der Waals surface area contributed by atoms with Crippen LogP contribution in [-0.2, 0) is 14.3 Å². The van der Waals surface area contributed by atoms with Crippen molar-refractivity contribution in [3.8, 4) is 0 Å². The maximum atomic E-state index is 10.8. The average Bonchev–Trinajstić information content (AvgIpc) is 2.35. The zero-order chi connectivity index (χ0) is 9.14. The standard InChI is InChI=1S/C6H8BrNO4/c7-1-4(10)8-5-3(9)2-12-6(5)11/h3,5,9H,1-2H2,(H,8,10). The van der Waals surface area contributed by atoms with Gasteiger partial charge in [-0.3, -0.25) is 4.79 Å². The van der Waals surface area contributed by atoms with Crippen molar-refractivity contribution in [3.63, 3.8) is 0 Å². The lowest BCUT2D eigenvalue weighted by molar-refractivity contribution is -0.141. The number of aliphatic hydroxyl groups is 1. The fourth-order valence-corrected chi connectivity index (χ4v) is 1.04. The smallest absolute Gasteiger partial charge is 0.331 e. The van der Waals surface area contributed by atoms with E-state index < -0.39 is 18.1 Å². The summed E-state index contributed by atoms with van der Waals surface area (Å²) in [5.41, 5.74) is 0. The third-order valence-corrected chi connectivity index (χ3v) is 1.98. The zero-order valence-electron chi connectivity index (χ0n) is 6.12. The number of carbonyl (C=O) groups excluding carboxylic acids is 2. The molecule has 0 spiro atoms. The molecule has 0 aromatic carbocycles. The van der Waals surface area contributed by atoms with Gasteiger partial charge in [0.05, 0.1) is 5.33 Å². The highest BCUT2D eigenvalue weighted by molar-refractivity contribution is 9.09. The minimum atomic E-state index is -0.930. The topological polar surface area (TPSA) is 75.6 Å². The molecule has 2 N–H and O–H groups in total. The number of rotatable bonds is 2. The maximum absolute atomic E-state index is 10.8. The molecule has 12 heavy (non-hydrogen) atoms. The van der Waals surface area contributed by atoms with Crippen LogP contribution in [0.2, 0.25) is 0 Å². The van der Waals surface area contributed by atoms with Crippen molar-refractivity contribution in [1.82, 2.24) is 5.32 Å². The van der Waals surface area contributed by atoms with Gasteiger partial charge in [-0.2, -0.15) is 0 Å². The Morgan fingerprint density at radius 2 is 2.50 bits per heavy atom. The van der Waals surface area contributed by atoms with Gasteiger partial charge in [0.1, 0.15) is 12.7 Å². The van der Waals surface area contributed by atoms with E-state index >= 15 is 0 Å². The highest BCUT2D eigenvalue weighted by Crippen LogP contribution is 2.06. The number of alkyl halides is 1. The summed E-state index contributed by atoms with van der Waals surface area (Å²) in [5.74, 6) is -0.935. The molecule has 1 heterocycles. The fraction of sp³-hybridized carbons (Fsp3) is 0.667. The van der Waals surface area contributed by atoms with Crippen molar-refractivity contribution in [2.45, 2.75) is 12.1 Å². The summed E-state index contributed by atoms with van der Waals surface area (Å²) in [7, 11) is 0. The van der Waals surface area contributed by atoms with Gasteiger partial charge in [0.2, 0.25) is 5.91 Å². The van der Waals surface area contributed by atoms with Crippen LogP contribution < -0.4 is 5.32 Å². The normalized spacial score (nSPS) is 28.3. The molecule has 0 aromatic rings. The molecule has 2 unspecified atom stereocenters. The second kappa shape index (κ2) is 3.86. The molecular formula is C6H8BrNO4. The number of halogens is 1. The van der Waals surface area contributed by atoms with Crippen molar-refractivity contribution in [1.29, 1.82) is 0 Å². The predicted octanol–water partition coefficient (Wildman–Crippen LogP) is -1.22. The quantitative estimate of drug-likeness (QED) is 0.467. The van der Waals surface area contributed by atoms with Gasteiger partial charge in [-0.05, 0) is 0 Å². The van der Waals surface area contributed by atoms with Crippen molar-refractivity contribution in [2.24, 2.45) is 0 Å². The van der Waals surface area contributed by atoms with E-state index in [1.54, 1.807) is 0 Å². The first-order chi connectivity index (χ1) is 5.65. The minimum absolute atomic E-state index is 0.0495. The number of carbonyl (C=O) groups is 2. The number of esters is 1. The summed E-state index contributed by atoms with van der Waals surface area (Å²) < 4.78 is 4.50. The second-order valence-electron chi connectivity index (χ2n) is 2.38. The third kappa shape index (κ3) is 1.95. The van der Waals surface area contributed by atoms with Gasteiger partial charge in [0.25, 0.3) is 0 Å². The van der Waals surface area contributed by atoms with Crippen molar-refractivity contribution in [3.05, 3.63) is 0 Å². The second-order valence-corrected chi connectivity index (χ2v) is 2.94. The number of hydrogen-bond acceptors (Lipinski definition) is 4. The van der Waals surface area contributed by atoms with Gasteiger partial charge in [-0.25, -0.2) is 4.79 Å². The van der Waals surface area contributed by atoms with Gasteiger partial charge in [0, 0.05) is 0 Å². The average molecular weight is 238 g/mol. The fourth-order valence-electron chi connectivity index (χ4n) is 0.878. The van der Waals surface area contributed by atoms with E-state index in [1.165, 1.54) is 0 Å². The van der Waals surface area contributed by atoms with E-state index in [0.29, 0.717) is 0 Å². The molecule has 0 aromatic heterocycles. The monoisotopic (exact) mass is 237 g/mol. The molecule has 1 aliphatic rings. The molecule has 68 valence electrons. The first-order valence-electron chi connectivity index (χ1n) is 3.35. The maximum Gasteiger partial charge on any atom is 0.331 e. The molecule has 1 fully saturated rings. The SMILES string of the molecule is O=C(CBr)NC1C(=O)OCC1O. The molecule has 0 aliphatic carbocycles. The van der Waals surface area contributed by atoms with Crippen LogP contribution in [0.1, 0.15) is 0 Å². The van der Waals surface area contributed by atoms with E-state index in [9.17, 15) is 9.59 Å². The minimum Gasteiger partial charge on any atom is -0.461 e. The molecule has 1 aliphatic heterocycles. The van der Waals surface area contributed by atoms with Crippen LogP contribution in [0.15, 0.2) is 0 Å². The molecule has 1 saturated heterocycles. The molecule has 5 nitrogen and oxygen atoms in total. The van der Waals surface area contributed by atoms with Gasteiger partial charge >= 0.3 is 5.97 Å². The van der Waals surface area contributed by atoms with Gasteiger partial charge < -0.3 is 15.2 Å². The molecule has 0 bridgehead atoms. The molecule has 2 atom stereocenters. The molecular weight excluding hydrogens is 230 g/mol. The molecule has 6 heteroatoms. The number of hydrogen-bond donors (Lipinski definition) is 2. The molecule has 0 radical (unpaired) electrons. The van der Waals surface area contributed by atoms with E-state index in [2.05, 4.69) is 26.0 Å². The van der Waals surface area contributed by atoms with E-state index in [-0.39, 0.29) is 17.8 Å². The summed E-state index contributed by atoms with van der Waals surface area (Å²) in [4.78, 5) is 21.6. The largest absolute Gasteiger partial charge is 0.461 e. The number of ether oxygens (including phenoxy) is 1. The summed E-state index contributed by atoms with van der Waals surface area (Å²) in [6.07, 6.45) is -0.930. The summed E-state index contributed by atoms with van der Waals surface area (Å²) in [6, 6.07) is -0.907. The van der Waals surface area contributed by atoms with Crippen LogP contribution in [0.3, 0.4) is 0 Å². The Morgan fingerprint density at radius 3 is 2.92 bits per heavy atom. The Bertz CT molecular complexity index is 208. The summed E-state index contributed by atoms with van der Waals surface area (Å²) in [6.45, 7) is -0.0495. The first-order valence-corrected chi connectivity index (χ1v) is 4.47. The zero-order valence-corrected chi connectivity index (χ0v) is 7.70. The number of amides is 1. The van der Waals surface area contributed by atoms with Crippen molar-refractivity contribution >= 4 is 27.8 Å². The Labute approximate surface area is 77.2 Å². The van der Waals surface area contributed by atoms with Crippen LogP contribution in [-0.4, -0.2) is 41.1 Å². The molecule has 0 saturated carbocycles.